The Balaban J connectivity index is 3.95. The molecule has 0 aliphatic carbocycles. The first kappa shape index (κ1) is 10.9. The van der Waals surface area contributed by atoms with Crippen molar-refractivity contribution in [3.63, 3.8) is 0 Å². The molecule has 0 aliphatic heterocycles. The van der Waals surface area contributed by atoms with Gasteiger partial charge >= 0.3 is 0 Å². The molecule has 2 amide bonds. The molecule has 0 saturated heterocycles. The van der Waals surface area contributed by atoms with Crippen LogP contribution in [-0.2, 0) is 9.59 Å². The topological polar surface area (TPSA) is 98.2 Å². The molecule has 0 spiro atoms. The Morgan fingerprint density at radius 1 is 1.50 bits per heavy atom. The van der Waals surface area contributed by atoms with Crippen LogP contribution in [0.15, 0.2) is 0 Å². The first-order valence-electron chi connectivity index (χ1n) is 3.90. The highest BCUT2D eigenvalue weighted by Gasteiger charge is 2.15. The lowest BCUT2D eigenvalue weighted by atomic mass is 10.1. The van der Waals surface area contributed by atoms with Crippen LogP contribution in [-0.4, -0.2) is 24.4 Å². The highest BCUT2D eigenvalue weighted by molar-refractivity contribution is 5.87. The van der Waals surface area contributed by atoms with E-state index in [4.69, 9.17) is 11.5 Å². The first-order valence-corrected chi connectivity index (χ1v) is 3.90. The molecular weight excluding hydrogens is 158 g/mol. The van der Waals surface area contributed by atoms with Crippen LogP contribution in [0.4, 0.5) is 0 Å². The van der Waals surface area contributed by atoms with Crippen LogP contribution in [0.1, 0.15) is 19.8 Å². The van der Waals surface area contributed by atoms with E-state index in [-0.39, 0.29) is 12.5 Å². The monoisotopic (exact) mass is 173 g/mol. The van der Waals surface area contributed by atoms with Gasteiger partial charge in [0.05, 0.1) is 6.54 Å². The van der Waals surface area contributed by atoms with E-state index < -0.39 is 11.9 Å². The van der Waals surface area contributed by atoms with E-state index in [1.165, 1.54) is 0 Å². The summed E-state index contributed by atoms with van der Waals surface area (Å²) >= 11 is 0. The maximum Gasteiger partial charge on any atom is 0.240 e. The van der Waals surface area contributed by atoms with Crippen molar-refractivity contribution in [2.75, 3.05) is 6.54 Å². The second-order valence-corrected chi connectivity index (χ2v) is 2.52. The molecule has 1 atom stereocenters. The predicted octanol–water partition coefficient (Wildman–Crippen LogP) is -1.28. The maximum absolute atomic E-state index is 10.8. The van der Waals surface area contributed by atoms with E-state index in [0.717, 1.165) is 6.42 Å². The molecule has 0 rings (SSSR count). The van der Waals surface area contributed by atoms with Crippen LogP contribution in [0, 0.1) is 0 Å². The minimum Gasteiger partial charge on any atom is -0.368 e. The fourth-order valence-corrected chi connectivity index (χ4v) is 0.827. The number of primary amides is 1. The third-order valence-corrected chi connectivity index (χ3v) is 1.44. The number of rotatable bonds is 5. The lowest BCUT2D eigenvalue weighted by molar-refractivity contribution is -0.126. The molecule has 12 heavy (non-hydrogen) atoms. The molecule has 0 fully saturated rings. The molecule has 0 aromatic heterocycles. The third kappa shape index (κ3) is 3.92. The zero-order valence-corrected chi connectivity index (χ0v) is 7.17. The molecule has 0 heterocycles. The van der Waals surface area contributed by atoms with Crippen LogP contribution < -0.4 is 16.8 Å². The Hall–Kier alpha value is -1.10. The van der Waals surface area contributed by atoms with Crippen molar-refractivity contribution in [2.45, 2.75) is 25.8 Å². The van der Waals surface area contributed by atoms with Crippen LogP contribution in [0.5, 0.6) is 0 Å². The minimum absolute atomic E-state index is 0.118. The molecule has 5 N–H and O–H groups in total. The van der Waals surface area contributed by atoms with Crippen molar-refractivity contribution in [3.05, 3.63) is 0 Å². The number of hydrogen-bond donors (Lipinski definition) is 3. The first-order chi connectivity index (χ1) is 5.61. The van der Waals surface area contributed by atoms with Crippen LogP contribution in [0.3, 0.4) is 0 Å². The van der Waals surface area contributed by atoms with Crippen LogP contribution in [0.2, 0.25) is 0 Å². The van der Waals surface area contributed by atoms with E-state index >= 15 is 0 Å². The average Bonchev–Trinajstić information content (AvgIpc) is 2.03. The van der Waals surface area contributed by atoms with Gasteiger partial charge in [-0.05, 0) is 6.42 Å². The summed E-state index contributed by atoms with van der Waals surface area (Å²) in [5.41, 5.74) is 10.1. The molecule has 0 aromatic carbocycles. The zero-order valence-electron chi connectivity index (χ0n) is 7.17. The normalized spacial score (nSPS) is 12.2. The second-order valence-electron chi connectivity index (χ2n) is 2.52. The highest BCUT2D eigenvalue weighted by atomic mass is 16.2. The summed E-state index contributed by atoms with van der Waals surface area (Å²) in [5.74, 6) is -0.870. The lowest BCUT2D eigenvalue weighted by Gasteiger charge is -2.13. The van der Waals surface area contributed by atoms with Gasteiger partial charge in [0, 0.05) is 0 Å². The summed E-state index contributed by atoms with van der Waals surface area (Å²) in [7, 11) is 0. The summed E-state index contributed by atoms with van der Waals surface area (Å²) < 4.78 is 0. The predicted molar refractivity (Wildman–Crippen MR) is 45.1 cm³/mol. The SMILES string of the molecule is CCCC(NC(=O)CN)C(N)=O. The molecule has 0 saturated carbocycles. The van der Waals surface area contributed by atoms with Crippen molar-refractivity contribution < 1.29 is 9.59 Å². The number of hydrogen-bond acceptors (Lipinski definition) is 3. The van der Waals surface area contributed by atoms with Gasteiger partial charge in [-0.25, -0.2) is 0 Å². The van der Waals surface area contributed by atoms with E-state index in [9.17, 15) is 9.59 Å². The smallest absolute Gasteiger partial charge is 0.240 e. The number of carbonyl (C=O) groups is 2. The standard InChI is InChI=1S/C7H15N3O2/c1-2-3-5(7(9)12)10-6(11)4-8/h5H,2-4,8H2,1H3,(H2,9,12)(H,10,11). The van der Waals surface area contributed by atoms with Gasteiger partial charge in [0.25, 0.3) is 0 Å². The van der Waals surface area contributed by atoms with E-state index in [1.54, 1.807) is 0 Å². The van der Waals surface area contributed by atoms with E-state index in [2.05, 4.69) is 5.32 Å². The molecule has 5 heteroatoms. The Labute approximate surface area is 71.5 Å². The molecule has 0 aliphatic rings. The van der Waals surface area contributed by atoms with Gasteiger partial charge in [-0.1, -0.05) is 13.3 Å². The Bertz CT molecular complexity index is 168. The van der Waals surface area contributed by atoms with Gasteiger partial charge < -0.3 is 16.8 Å². The molecule has 70 valence electrons. The van der Waals surface area contributed by atoms with Crippen LogP contribution >= 0.6 is 0 Å². The van der Waals surface area contributed by atoms with Gasteiger partial charge in [-0.2, -0.15) is 0 Å². The van der Waals surface area contributed by atoms with E-state index in [0.29, 0.717) is 6.42 Å². The maximum atomic E-state index is 10.8. The zero-order chi connectivity index (χ0) is 9.56. The summed E-state index contributed by atoms with van der Waals surface area (Å²) in [6, 6.07) is -0.578. The van der Waals surface area contributed by atoms with Gasteiger partial charge in [-0.3, -0.25) is 9.59 Å². The third-order valence-electron chi connectivity index (χ3n) is 1.44. The average molecular weight is 173 g/mol. The van der Waals surface area contributed by atoms with Gasteiger partial charge in [0.1, 0.15) is 6.04 Å². The summed E-state index contributed by atoms with van der Waals surface area (Å²) in [6.45, 7) is 1.79. The minimum atomic E-state index is -0.578. The van der Waals surface area contributed by atoms with E-state index in [1.807, 2.05) is 6.92 Å². The van der Waals surface area contributed by atoms with Crippen molar-refractivity contribution in [1.29, 1.82) is 0 Å². The number of carbonyl (C=O) groups excluding carboxylic acids is 2. The fourth-order valence-electron chi connectivity index (χ4n) is 0.827. The summed E-state index contributed by atoms with van der Waals surface area (Å²) in [4.78, 5) is 21.5. The lowest BCUT2D eigenvalue weighted by Crippen LogP contribution is -2.46. The Morgan fingerprint density at radius 2 is 2.08 bits per heavy atom. The van der Waals surface area contributed by atoms with Gasteiger partial charge in [0.15, 0.2) is 0 Å². The number of amides is 2. The molecule has 5 nitrogen and oxygen atoms in total. The van der Waals surface area contributed by atoms with Gasteiger partial charge in [-0.15, -0.1) is 0 Å². The molecule has 1 unspecified atom stereocenters. The fraction of sp³-hybridized carbons (Fsp3) is 0.714. The van der Waals surface area contributed by atoms with Crippen molar-refractivity contribution >= 4 is 11.8 Å². The summed E-state index contributed by atoms with van der Waals surface area (Å²) in [5, 5.41) is 2.43. The van der Waals surface area contributed by atoms with Crippen molar-refractivity contribution in [2.24, 2.45) is 11.5 Å². The molecule has 0 radical (unpaired) electrons. The van der Waals surface area contributed by atoms with Crippen LogP contribution in [0.25, 0.3) is 0 Å². The highest BCUT2D eigenvalue weighted by Crippen LogP contribution is 1.94. The molecular formula is C7H15N3O2. The quantitative estimate of drug-likeness (QED) is 0.482. The Kier molecular flexibility index (Phi) is 5.03. The van der Waals surface area contributed by atoms with Crippen molar-refractivity contribution in [3.8, 4) is 0 Å². The Morgan fingerprint density at radius 3 is 2.42 bits per heavy atom. The largest absolute Gasteiger partial charge is 0.368 e. The molecule has 0 bridgehead atoms. The molecule has 0 aromatic rings. The number of nitrogens with two attached hydrogens (primary N) is 2. The second kappa shape index (κ2) is 5.54. The number of nitrogens with one attached hydrogen (secondary N) is 1. The van der Waals surface area contributed by atoms with Gasteiger partial charge in [0.2, 0.25) is 11.8 Å². The summed E-state index contributed by atoms with van der Waals surface area (Å²) in [6.07, 6.45) is 1.35. The van der Waals surface area contributed by atoms with Crippen molar-refractivity contribution in [1.82, 2.24) is 5.32 Å².